The number of hydrogen-bond donors (Lipinski definition) is 1. The molecule has 2 N–H and O–H groups in total. The molecule has 1 aromatic heterocycles. The quantitative estimate of drug-likeness (QED) is 0.860. The molecular weight excluding hydrogens is 316 g/mol. The minimum absolute atomic E-state index is 0.209. The molecule has 9 heteroatoms. The lowest BCUT2D eigenvalue weighted by Crippen LogP contribution is -2.22. The molecule has 0 aliphatic rings. The Morgan fingerprint density at radius 3 is 2.55 bits per heavy atom. The van der Waals surface area contributed by atoms with E-state index in [9.17, 15) is 8.42 Å². The number of nitrogens with zero attached hydrogens (tertiary/aromatic N) is 3. The largest absolute Gasteiger partial charge is 0.398 e. The van der Waals surface area contributed by atoms with Gasteiger partial charge < -0.3 is 5.73 Å². The summed E-state index contributed by atoms with van der Waals surface area (Å²) in [7, 11) is -0.486. The highest BCUT2D eigenvalue weighted by Crippen LogP contribution is 2.35. The summed E-state index contributed by atoms with van der Waals surface area (Å²) in [4.78, 5) is 0.865. The molecule has 0 spiro atoms. The summed E-state index contributed by atoms with van der Waals surface area (Å²) >= 11 is 2.75. The number of aromatic nitrogens is 2. The lowest BCUT2D eigenvalue weighted by atomic mass is 10.3. The Balaban J connectivity index is 2.39. The van der Waals surface area contributed by atoms with E-state index in [1.807, 2.05) is 6.92 Å². The molecule has 0 bridgehead atoms. The number of anilines is 1. The van der Waals surface area contributed by atoms with Crippen molar-refractivity contribution in [1.82, 2.24) is 14.5 Å². The summed E-state index contributed by atoms with van der Waals surface area (Å²) < 4.78 is 26.1. The molecular formula is C11H14N4O2S3. The van der Waals surface area contributed by atoms with Crippen LogP contribution in [0.4, 0.5) is 5.69 Å². The lowest BCUT2D eigenvalue weighted by molar-refractivity contribution is 0.520. The maximum atomic E-state index is 12.1. The van der Waals surface area contributed by atoms with E-state index >= 15 is 0 Å². The molecule has 0 amide bonds. The zero-order chi connectivity index (χ0) is 14.9. The summed E-state index contributed by atoms with van der Waals surface area (Å²) in [6.07, 6.45) is 0. The fraction of sp³-hybridized carbons (Fsp3) is 0.273. The van der Waals surface area contributed by atoms with Gasteiger partial charge in [0.25, 0.3) is 0 Å². The van der Waals surface area contributed by atoms with Crippen molar-refractivity contribution in [2.24, 2.45) is 0 Å². The molecule has 20 heavy (non-hydrogen) atoms. The fourth-order valence-electron chi connectivity index (χ4n) is 1.39. The first kappa shape index (κ1) is 15.2. The van der Waals surface area contributed by atoms with Crippen molar-refractivity contribution >= 4 is 38.8 Å². The Morgan fingerprint density at radius 2 is 2.00 bits per heavy atom. The van der Waals surface area contributed by atoms with Gasteiger partial charge in [0.05, 0.1) is 4.90 Å². The number of sulfonamides is 1. The Kier molecular flexibility index (Phi) is 4.33. The smallest absolute Gasteiger partial charge is 0.242 e. The van der Waals surface area contributed by atoms with Crippen molar-refractivity contribution in [3.05, 3.63) is 23.2 Å². The molecule has 2 aromatic rings. The second kappa shape index (κ2) is 5.68. The van der Waals surface area contributed by atoms with Gasteiger partial charge in [-0.1, -0.05) is 23.1 Å². The van der Waals surface area contributed by atoms with Crippen LogP contribution in [0.15, 0.2) is 32.3 Å². The van der Waals surface area contributed by atoms with Crippen molar-refractivity contribution in [2.45, 2.75) is 21.1 Å². The van der Waals surface area contributed by atoms with E-state index in [-0.39, 0.29) is 4.90 Å². The summed E-state index contributed by atoms with van der Waals surface area (Å²) in [5, 5.41) is 8.77. The molecule has 0 aliphatic carbocycles. The minimum Gasteiger partial charge on any atom is -0.398 e. The summed E-state index contributed by atoms with van der Waals surface area (Å²) in [6, 6.07) is 4.65. The Morgan fingerprint density at radius 1 is 1.30 bits per heavy atom. The lowest BCUT2D eigenvalue weighted by Gasteiger charge is -2.12. The van der Waals surface area contributed by atoms with Crippen molar-refractivity contribution in [1.29, 1.82) is 0 Å². The van der Waals surface area contributed by atoms with Crippen LogP contribution in [0, 0.1) is 6.92 Å². The minimum atomic E-state index is -3.47. The first-order chi connectivity index (χ1) is 9.30. The van der Waals surface area contributed by atoms with Gasteiger partial charge in [-0.2, -0.15) is 0 Å². The summed E-state index contributed by atoms with van der Waals surface area (Å²) in [5.74, 6) is 0. The van der Waals surface area contributed by atoms with E-state index in [0.29, 0.717) is 10.6 Å². The van der Waals surface area contributed by atoms with Crippen LogP contribution >= 0.6 is 23.1 Å². The molecule has 1 heterocycles. The molecule has 0 radical (unpaired) electrons. The maximum Gasteiger partial charge on any atom is 0.242 e. The topological polar surface area (TPSA) is 89.2 Å². The van der Waals surface area contributed by atoms with Crippen LogP contribution in [0.3, 0.4) is 0 Å². The predicted molar refractivity (Wildman–Crippen MR) is 80.5 cm³/mol. The summed E-state index contributed by atoms with van der Waals surface area (Å²) in [6.45, 7) is 1.86. The van der Waals surface area contributed by atoms with Gasteiger partial charge in [0.15, 0.2) is 4.34 Å². The highest BCUT2D eigenvalue weighted by atomic mass is 32.2. The first-order valence-electron chi connectivity index (χ1n) is 5.60. The molecule has 6 nitrogen and oxygen atoms in total. The normalized spacial score (nSPS) is 12.0. The van der Waals surface area contributed by atoms with Gasteiger partial charge in [-0.25, -0.2) is 12.7 Å². The molecule has 0 saturated heterocycles. The van der Waals surface area contributed by atoms with Crippen LogP contribution < -0.4 is 5.73 Å². The van der Waals surface area contributed by atoms with Crippen LogP contribution in [0.1, 0.15) is 5.01 Å². The third kappa shape index (κ3) is 3.11. The van der Waals surface area contributed by atoms with Crippen LogP contribution in [0.5, 0.6) is 0 Å². The van der Waals surface area contributed by atoms with Crippen LogP contribution in [0.25, 0.3) is 0 Å². The van der Waals surface area contributed by atoms with E-state index in [0.717, 1.165) is 9.35 Å². The zero-order valence-corrected chi connectivity index (χ0v) is 13.6. The van der Waals surface area contributed by atoms with Gasteiger partial charge in [0.1, 0.15) is 5.01 Å². The van der Waals surface area contributed by atoms with Crippen LogP contribution in [-0.4, -0.2) is 37.0 Å². The monoisotopic (exact) mass is 330 g/mol. The SMILES string of the molecule is Cc1nnc(Sc2cc(S(=O)(=O)N(C)C)ccc2N)s1. The highest BCUT2D eigenvalue weighted by molar-refractivity contribution is 8.01. The second-order valence-corrected chi connectivity index (χ2v) is 8.80. The third-order valence-corrected chi connectivity index (χ3v) is 6.24. The third-order valence-electron chi connectivity index (χ3n) is 2.47. The van der Waals surface area contributed by atoms with Crippen molar-refractivity contribution in [2.75, 3.05) is 19.8 Å². The van der Waals surface area contributed by atoms with Gasteiger partial charge in [-0.15, -0.1) is 10.2 Å². The Labute approximate surface area is 126 Å². The number of nitrogens with two attached hydrogens (primary N) is 1. The average Bonchev–Trinajstić information content (AvgIpc) is 2.77. The highest BCUT2D eigenvalue weighted by Gasteiger charge is 2.19. The van der Waals surface area contributed by atoms with Gasteiger partial charge in [-0.05, 0) is 25.1 Å². The molecule has 0 saturated carbocycles. The number of rotatable bonds is 4. The summed E-state index contributed by atoms with van der Waals surface area (Å²) in [5.41, 5.74) is 6.41. The molecule has 0 aliphatic heterocycles. The van der Waals surface area contributed by atoms with E-state index in [2.05, 4.69) is 10.2 Å². The fourth-order valence-corrected chi connectivity index (χ4v) is 4.25. The molecule has 2 rings (SSSR count). The van der Waals surface area contributed by atoms with Gasteiger partial charge in [0.2, 0.25) is 10.0 Å². The van der Waals surface area contributed by atoms with Crippen molar-refractivity contribution in [3.8, 4) is 0 Å². The van der Waals surface area contributed by atoms with E-state index in [1.54, 1.807) is 12.1 Å². The van der Waals surface area contributed by atoms with Crippen molar-refractivity contribution < 1.29 is 8.42 Å². The Bertz CT molecular complexity index is 725. The maximum absolute atomic E-state index is 12.1. The molecule has 0 atom stereocenters. The number of hydrogen-bond acceptors (Lipinski definition) is 7. The average molecular weight is 330 g/mol. The van der Waals surface area contributed by atoms with Crippen LogP contribution in [-0.2, 0) is 10.0 Å². The van der Waals surface area contributed by atoms with Gasteiger partial charge in [0, 0.05) is 24.7 Å². The van der Waals surface area contributed by atoms with Gasteiger partial charge >= 0.3 is 0 Å². The van der Waals surface area contributed by atoms with Crippen molar-refractivity contribution in [3.63, 3.8) is 0 Å². The number of aryl methyl sites for hydroxylation is 1. The Hall–Kier alpha value is -1.16. The predicted octanol–water partition coefficient (Wildman–Crippen LogP) is 1.83. The van der Waals surface area contributed by atoms with E-state index < -0.39 is 10.0 Å². The van der Waals surface area contributed by atoms with E-state index in [4.69, 9.17) is 5.73 Å². The van der Waals surface area contributed by atoms with E-state index in [1.165, 1.54) is 47.6 Å². The molecule has 108 valence electrons. The molecule has 1 aromatic carbocycles. The van der Waals surface area contributed by atoms with Crippen LogP contribution in [0.2, 0.25) is 0 Å². The molecule has 0 fully saturated rings. The standard InChI is InChI=1S/C11H14N4O2S3/c1-7-13-14-11(18-7)19-10-6-8(4-5-9(10)12)20(16,17)15(2)3/h4-6H,12H2,1-3H3. The second-order valence-electron chi connectivity index (χ2n) is 4.18. The number of benzene rings is 1. The van der Waals surface area contributed by atoms with Gasteiger partial charge in [-0.3, -0.25) is 0 Å². The first-order valence-corrected chi connectivity index (χ1v) is 8.68. The molecule has 0 unspecified atom stereocenters. The zero-order valence-electron chi connectivity index (χ0n) is 11.2. The number of nitrogen functional groups attached to an aromatic ring is 1.